The molecule has 0 saturated heterocycles. The maximum Gasteiger partial charge on any atom is 0.251 e. The highest BCUT2D eigenvalue weighted by Gasteiger charge is 2.25. The van der Waals surface area contributed by atoms with Crippen LogP contribution in [0.2, 0.25) is 0 Å². The first kappa shape index (κ1) is 23.6. The second kappa shape index (κ2) is 12.8. The summed E-state index contributed by atoms with van der Waals surface area (Å²) >= 11 is 0. The number of methoxy groups -OCH3 is 1. The molecule has 2 amide bonds. The molecule has 0 unspecified atom stereocenters. The number of carbonyl (C=O) groups excluding carboxylic acids is 2. The van der Waals surface area contributed by atoms with Crippen LogP contribution in [-0.4, -0.2) is 56.8 Å². The van der Waals surface area contributed by atoms with E-state index in [0.29, 0.717) is 17.9 Å². The number of rotatable bonds is 13. The predicted octanol–water partition coefficient (Wildman–Crippen LogP) is 2.21. The molecule has 0 aliphatic rings. The largest absolute Gasteiger partial charge is 0.464 e. The molecule has 0 bridgehead atoms. The van der Waals surface area contributed by atoms with E-state index in [2.05, 4.69) is 5.32 Å². The summed E-state index contributed by atoms with van der Waals surface area (Å²) in [5.41, 5.74) is 2.94. The van der Waals surface area contributed by atoms with Gasteiger partial charge in [0.15, 0.2) is 0 Å². The number of carbonyl (C=O) groups is 2. The van der Waals surface area contributed by atoms with Crippen molar-refractivity contribution in [3.8, 4) is 11.3 Å². The van der Waals surface area contributed by atoms with Crippen LogP contribution in [0.1, 0.15) is 23.7 Å². The molecule has 2 atom stereocenters. The van der Waals surface area contributed by atoms with Crippen molar-refractivity contribution in [3.05, 3.63) is 48.2 Å². The van der Waals surface area contributed by atoms with Crippen LogP contribution in [0.25, 0.3) is 11.3 Å². The molecule has 1 heterocycles. The van der Waals surface area contributed by atoms with Gasteiger partial charge in [-0.2, -0.15) is 0 Å². The average Bonchev–Trinajstić information content (AvgIpc) is 3.30. The fourth-order valence-electron chi connectivity index (χ4n) is 2.89. The molecule has 0 aliphatic carbocycles. The summed E-state index contributed by atoms with van der Waals surface area (Å²) in [6.07, 6.45) is 1.80. The normalized spacial score (nSPS) is 12.9. The summed E-state index contributed by atoms with van der Waals surface area (Å²) < 4.78 is 21.0. The Labute approximate surface area is 175 Å². The first-order valence-corrected chi connectivity index (χ1v) is 9.62. The van der Waals surface area contributed by atoms with Crippen LogP contribution in [0, 0.1) is 5.92 Å². The lowest BCUT2D eigenvalue weighted by atomic mass is 9.99. The van der Waals surface area contributed by atoms with E-state index < -0.39 is 17.9 Å². The van der Waals surface area contributed by atoms with Gasteiger partial charge in [-0.1, -0.05) is 12.1 Å². The zero-order chi connectivity index (χ0) is 21.8. The number of hydrogen-bond acceptors (Lipinski definition) is 7. The number of nitrogens with one attached hydrogen (secondary N) is 2. The number of benzene rings is 1. The van der Waals surface area contributed by atoms with Crippen molar-refractivity contribution in [2.24, 2.45) is 5.92 Å². The minimum Gasteiger partial charge on any atom is -0.464 e. The van der Waals surface area contributed by atoms with Gasteiger partial charge in [-0.25, -0.2) is 5.48 Å². The molecule has 1 aromatic heterocycles. The lowest BCUT2D eigenvalue weighted by Crippen LogP contribution is -2.43. The number of furan rings is 1. The fourth-order valence-corrected chi connectivity index (χ4v) is 2.89. The Kier molecular flexibility index (Phi) is 10.0. The molecule has 9 heteroatoms. The van der Waals surface area contributed by atoms with E-state index in [4.69, 9.17) is 23.8 Å². The summed E-state index contributed by atoms with van der Waals surface area (Å²) in [6, 6.07) is 10.1. The monoisotopic (exact) mass is 420 g/mol. The summed E-state index contributed by atoms with van der Waals surface area (Å²) in [4.78, 5) is 24.6. The molecule has 0 fully saturated rings. The van der Waals surface area contributed by atoms with E-state index in [0.717, 1.165) is 5.56 Å². The SMILES string of the molecule is CCOCOC[C@H](C[C@H](COC)C(=O)NO)NC(=O)c1ccc(-c2ccco2)cc1. The Morgan fingerprint density at radius 2 is 1.90 bits per heavy atom. The quantitative estimate of drug-likeness (QED) is 0.197. The van der Waals surface area contributed by atoms with E-state index >= 15 is 0 Å². The van der Waals surface area contributed by atoms with Crippen molar-refractivity contribution >= 4 is 11.8 Å². The molecule has 2 rings (SSSR count). The number of ether oxygens (including phenoxy) is 3. The van der Waals surface area contributed by atoms with Gasteiger partial charge in [0.25, 0.3) is 5.91 Å². The van der Waals surface area contributed by atoms with Gasteiger partial charge in [0.05, 0.1) is 31.4 Å². The van der Waals surface area contributed by atoms with Crippen LogP contribution >= 0.6 is 0 Å². The van der Waals surface area contributed by atoms with Crippen LogP contribution in [0.15, 0.2) is 47.1 Å². The molecule has 30 heavy (non-hydrogen) atoms. The van der Waals surface area contributed by atoms with Crippen molar-refractivity contribution in [1.82, 2.24) is 10.8 Å². The van der Waals surface area contributed by atoms with E-state index in [1.165, 1.54) is 7.11 Å². The second-order valence-electron chi connectivity index (χ2n) is 6.57. The van der Waals surface area contributed by atoms with Gasteiger partial charge >= 0.3 is 0 Å². The van der Waals surface area contributed by atoms with Gasteiger partial charge in [-0.3, -0.25) is 14.8 Å². The summed E-state index contributed by atoms with van der Waals surface area (Å²) in [5, 5.41) is 11.8. The van der Waals surface area contributed by atoms with Crippen molar-refractivity contribution < 1.29 is 33.4 Å². The maximum absolute atomic E-state index is 12.7. The standard InChI is InChI=1S/C21H28N2O7/c1-3-28-14-29-13-18(11-17(12-27-2)21(25)23-26)22-20(24)16-8-6-15(7-9-16)19-5-4-10-30-19/h4-10,17-18,26H,3,11-14H2,1-2H3,(H,22,24)(H,23,25)/t17-,18+/m1/s1. The molecular weight excluding hydrogens is 392 g/mol. The van der Waals surface area contributed by atoms with Crippen molar-refractivity contribution in [2.75, 3.05) is 33.7 Å². The predicted molar refractivity (Wildman–Crippen MR) is 108 cm³/mol. The third-order valence-electron chi connectivity index (χ3n) is 4.40. The van der Waals surface area contributed by atoms with Crippen molar-refractivity contribution in [2.45, 2.75) is 19.4 Å². The second-order valence-corrected chi connectivity index (χ2v) is 6.57. The number of hydroxylamine groups is 1. The van der Waals surface area contributed by atoms with Crippen LogP contribution < -0.4 is 10.8 Å². The smallest absolute Gasteiger partial charge is 0.251 e. The summed E-state index contributed by atoms with van der Waals surface area (Å²) in [6.45, 7) is 2.63. The minimum atomic E-state index is -0.665. The molecule has 0 radical (unpaired) electrons. The van der Waals surface area contributed by atoms with Crippen molar-refractivity contribution in [3.63, 3.8) is 0 Å². The Morgan fingerprint density at radius 3 is 2.50 bits per heavy atom. The van der Waals surface area contributed by atoms with Crippen LogP contribution in [0.4, 0.5) is 0 Å². The molecule has 1 aromatic carbocycles. The van der Waals surface area contributed by atoms with E-state index in [-0.39, 0.29) is 32.3 Å². The third kappa shape index (κ3) is 7.27. The zero-order valence-electron chi connectivity index (χ0n) is 17.1. The molecule has 9 nitrogen and oxygen atoms in total. The van der Waals surface area contributed by atoms with Gasteiger partial charge in [-0.05, 0) is 37.6 Å². The molecule has 0 spiro atoms. The molecule has 3 N–H and O–H groups in total. The number of amides is 2. The topological polar surface area (TPSA) is 119 Å². The summed E-state index contributed by atoms with van der Waals surface area (Å²) in [7, 11) is 1.46. The van der Waals surface area contributed by atoms with Gasteiger partial charge < -0.3 is 23.9 Å². The minimum absolute atomic E-state index is 0.0713. The molecule has 164 valence electrons. The Bertz CT molecular complexity index is 762. The highest BCUT2D eigenvalue weighted by molar-refractivity contribution is 5.94. The lowest BCUT2D eigenvalue weighted by Gasteiger charge is -2.23. The third-order valence-corrected chi connectivity index (χ3v) is 4.40. The zero-order valence-corrected chi connectivity index (χ0v) is 17.1. The van der Waals surface area contributed by atoms with Crippen molar-refractivity contribution in [1.29, 1.82) is 0 Å². The van der Waals surface area contributed by atoms with Gasteiger partial charge in [0.2, 0.25) is 5.91 Å². The number of hydrogen-bond donors (Lipinski definition) is 3. The molecule has 0 saturated carbocycles. The first-order valence-electron chi connectivity index (χ1n) is 9.62. The van der Waals surface area contributed by atoms with Crippen LogP contribution in [0.3, 0.4) is 0 Å². The molecule has 0 aliphatic heterocycles. The Morgan fingerprint density at radius 1 is 1.13 bits per heavy atom. The Hall–Kier alpha value is -2.72. The first-order chi connectivity index (χ1) is 14.6. The van der Waals surface area contributed by atoms with Gasteiger partial charge in [0, 0.05) is 24.8 Å². The Balaban J connectivity index is 2.04. The molecular formula is C21H28N2O7. The van der Waals surface area contributed by atoms with Crippen LogP contribution in [0.5, 0.6) is 0 Å². The van der Waals surface area contributed by atoms with Gasteiger partial charge in [-0.15, -0.1) is 0 Å². The van der Waals surface area contributed by atoms with Gasteiger partial charge in [0.1, 0.15) is 12.6 Å². The fraction of sp³-hybridized carbons (Fsp3) is 0.429. The van der Waals surface area contributed by atoms with Crippen LogP contribution in [-0.2, 0) is 19.0 Å². The summed E-state index contributed by atoms with van der Waals surface area (Å²) in [5.74, 6) is -0.862. The maximum atomic E-state index is 12.7. The van der Waals surface area contributed by atoms with E-state index in [1.807, 2.05) is 13.0 Å². The average molecular weight is 420 g/mol. The lowest BCUT2D eigenvalue weighted by molar-refractivity contribution is -0.135. The van der Waals surface area contributed by atoms with E-state index in [9.17, 15) is 9.59 Å². The highest BCUT2D eigenvalue weighted by Crippen LogP contribution is 2.20. The van der Waals surface area contributed by atoms with E-state index in [1.54, 1.807) is 42.1 Å². The highest BCUT2D eigenvalue weighted by atomic mass is 16.7. The molecule has 2 aromatic rings.